The third kappa shape index (κ3) is 20.2. The number of hydrogen-bond donors (Lipinski definition) is 1. The highest BCUT2D eigenvalue weighted by molar-refractivity contribution is 6.32. The van der Waals surface area contributed by atoms with E-state index >= 15 is 0 Å². The van der Waals surface area contributed by atoms with Gasteiger partial charge in [0.2, 0.25) is 0 Å². The molecule has 1 N–H and O–H groups in total. The largest absolute Gasteiger partial charge is 0.494 e. The summed E-state index contributed by atoms with van der Waals surface area (Å²) in [6.45, 7) is 5.68. The van der Waals surface area contributed by atoms with Crippen LogP contribution in [0.2, 0.25) is 5.02 Å². The maximum absolute atomic E-state index is 13.1. The number of carbonyl (C=O) groups is 4. The van der Waals surface area contributed by atoms with Crippen molar-refractivity contribution >= 4 is 41.1 Å². The molecule has 10 nitrogen and oxygen atoms in total. The molecule has 0 saturated heterocycles. The van der Waals surface area contributed by atoms with Gasteiger partial charge in [-0.2, -0.15) is 0 Å². The summed E-state index contributed by atoms with van der Waals surface area (Å²) >= 11 is 6.44. The molecule has 0 atom stereocenters. The predicted molar refractivity (Wildman–Crippen MR) is 275 cm³/mol. The van der Waals surface area contributed by atoms with Crippen LogP contribution in [0.25, 0.3) is 0 Å². The lowest BCUT2D eigenvalue weighted by Crippen LogP contribution is -2.13. The van der Waals surface area contributed by atoms with Gasteiger partial charge in [-0.05, 0) is 122 Å². The van der Waals surface area contributed by atoms with E-state index in [1.807, 2.05) is 0 Å². The summed E-state index contributed by atoms with van der Waals surface area (Å²) in [6, 6.07) is 30.3. The van der Waals surface area contributed by atoms with Gasteiger partial charge in [0.15, 0.2) is 0 Å². The van der Waals surface area contributed by atoms with E-state index in [0.717, 1.165) is 25.7 Å². The fourth-order valence-electron chi connectivity index (χ4n) is 7.65. The van der Waals surface area contributed by atoms with Gasteiger partial charge >= 0.3 is 17.9 Å². The quantitative estimate of drug-likeness (QED) is 0.0255. The number of esters is 3. The SMILES string of the molecule is CCCCCCCCCCCCOc1ccc(C(=O)Oc2ccc(NC(=O)c3cccc(OC(=O)c4ccc(OC(=O)c5ccc(OCCCCCCCCCCCC)c(Cl)c5)cc4)c3)cc2)cc1. The van der Waals surface area contributed by atoms with Crippen LogP contribution in [-0.4, -0.2) is 37.0 Å². The Hall–Kier alpha value is -6.13. The minimum absolute atomic E-state index is 0.159. The Bertz CT molecular complexity index is 2310. The fraction of sp³-hybridized carbons (Fsp3) is 0.414. The van der Waals surface area contributed by atoms with Crippen LogP contribution in [-0.2, 0) is 0 Å². The minimum atomic E-state index is -0.667. The van der Waals surface area contributed by atoms with Gasteiger partial charge < -0.3 is 29.0 Å². The minimum Gasteiger partial charge on any atom is -0.494 e. The summed E-state index contributed by atoms with van der Waals surface area (Å²) in [7, 11) is 0. The molecule has 5 aromatic rings. The van der Waals surface area contributed by atoms with E-state index in [4.69, 9.17) is 35.3 Å². The second-order valence-electron chi connectivity index (χ2n) is 17.4. The van der Waals surface area contributed by atoms with Gasteiger partial charge in [0.1, 0.15) is 28.7 Å². The number of anilines is 1. The van der Waals surface area contributed by atoms with E-state index in [-0.39, 0.29) is 28.2 Å². The zero-order valence-electron chi connectivity index (χ0n) is 40.6. The van der Waals surface area contributed by atoms with Gasteiger partial charge in [-0.3, -0.25) is 4.79 Å². The first kappa shape index (κ1) is 53.8. The topological polar surface area (TPSA) is 126 Å². The van der Waals surface area contributed by atoms with Crippen LogP contribution in [0.4, 0.5) is 5.69 Å². The van der Waals surface area contributed by atoms with Crippen molar-refractivity contribution in [2.75, 3.05) is 18.5 Å². The van der Waals surface area contributed by atoms with E-state index in [0.29, 0.717) is 46.7 Å². The van der Waals surface area contributed by atoms with E-state index in [2.05, 4.69) is 19.2 Å². The number of benzene rings is 5. The number of ether oxygens (including phenoxy) is 5. The lowest BCUT2D eigenvalue weighted by atomic mass is 10.1. The summed E-state index contributed by atoms with van der Waals surface area (Å²) in [6.07, 6.45) is 25.0. The van der Waals surface area contributed by atoms with E-state index in [1.165, 1.54) is 139 Å². The molecular formula is C58H70ClNO9. The Morgan fingerprint density at radius 1 is 0.406 bits per heavy atom. The second kappa shape index (κ2) is 31.1. The number of amides is 1. The van der Waals surface area contributed by atoms with Crippen molar-refractivity contribution in [1.29, 1.82) is 0 Å². The molecule has 0 radical (unpaired) electrons. The number of unbranched alkanes of at least 4 members (excludes halogenated alkanes) is 18. The molecular weight excluding hydrogens is 890 g/mol. The van der Waals surface area contributed by atoms with Crippen molar-refractivity contribution in [3.8, 4) is 28.7 Å². The molecule has 0 saturated carbocycles. The molecule has 0 spiro atoms. The molecule has 0 heterocycles. The molecule has 5 rings (SSSR count). The lowest BCUT2D eigenvalue weighted by Gasteiger charge is -2.10. The molecule has 0 fully saturated rings. The number of rotatable bonds is 32. The monoisotopic (exact) mass is 959 g/mol. The molecule has 0 aliphatic carbocycles. The Morgan fingerprint density at radius 3 is 1.33 bits per heavy atom. The van der Waals surface area contributed by atoms with Crippen LogP contribution in [0, 0.1) is 0 Å². The molecule has 0 bridgehead atoms. The van der Waals surface area contributed by atoms with Gasteiger partial charge in [-0.25, -0.2) is 14.4 Å². The molecule has 368 valence electrons. The van der Waals surface area contributed by atoms with Gasteiger partial charge in [0.05, 0.1) is 34.9 Å². The first-order valence-electron chi connectivity index (χ1n) is 25.2. The highest BCUT2D eigenvalue weighted by Gasteiger charge is 2.16. The summed E-state index contributed by atoms with van der Waals surface area (Å²) in [5.41, 5.74) is 1.58. The Morgan fingerprint density at radius 2 is 0.826 bits per heavy atom. The number of carbonyl (C=O) groups excluding carboxylic acids is 4. The van der Waals surface area contributed by atoms with Crippen molar-refractivity contribution < 1.29 is 42.9 Å². The zero-order valence-corrected chi connectivity index (χ0v) is 41.3. The molecule has 11 heteroatoms. The number of nitrogens with one attached hydrogen (secondary N) is 1. The summed E-state index contributed by atoms with van der Waals surface area (Å²) in [5.74, 6) is -0.301. The van der Waals surface area contributed by atoms with Gasteiger partial charge in [-0.1, -0.05) is 147 Å². The number of halogens is 1. The van der Waals surface area contributed by atoms with Gasteiger partial charge in [0, 0.05) is 11.3 Å². The highest BCUT2D eigenvalue weighted by Crippen LogP contribution is 2.27. The Kier molecular flexibility index (Phi) is 24.2. The molecule has 0 aromatic heterocycles. The van der Waals surface area contributed by atoms with Crippen LogP contribution in [0.15, 0.2) is 115 Å². The van der Waals surface area contributed by atoms with Crippen LogP contribution >= 0.6 is 11.6 Å². The molecule has 0 aliphatic heterocycles. The molecule has 5 aromatic carbocycles. The van der Waals surface area contributed by atoms with Crippen molar-refractivity contribution in [3.05, 3.63) is 143 Å². The van der Waals surface area contributed by atoms with Crippen molar-refractivity contribution in [1.82, 2.24) is 0 Å². The average Bonchev–Trinajstić information content (AvgIpc) is 3.36. The smallest absolute Gasteiger partial charge is 0.343 e. The van der Waals surface area contributed by atoms with Gasteiger partial charge in [-0.15, -0.1) is 0 Å². The average molecular weight is 961 g/mol. The van der Waals surface area contributed by atoms with Crippen molar-refractivity contribution in [2.24, 2.45) is 0 Å². The van der Waals surface area contributed by atoms with E-state index in [1.54, 1.807) is 78.9 Å². The highest BCUT2D eigenvalue weighted by atomic mass is 35.5. The van der Waals surface area contributed by atoms with Crippen LogP contribution < -0.4 is 29.0 Å². The normalized spacial score (nSPS) is 10.9. The zero-order chi connectivity index (χ0) is 48.9. The molecule has 0 aliphatic rings. The van der Waals surface area contributed by atoms with Crippen LogP contribution in [0.3, 0.4) is 0 Å². The summed E-state index contributed by atoms with van der Waals surface area (Å²) in [4.78, 5) is 51.9. The van der Waals surface area contributed by atoms with Crippen molar-refractivity contribution in [2.45, 2.75) is 142 Å². The first-order valence-corrected chi connectivity index (χ1v) is 25.5. The summed E-state index contributed by atoms with van der Waals surface area (Å²) in [5, 5.41) is 3.13. The van der Waals surface area contributed by atoms with Crippen molar-refractivity contribution in [3.63, 3.8) is 0 Å². The standard InChI is InChI=1S/C58H70ClNO9/c1-3-5-7-9-11-13-15-17-19-21-40-65-49-33-26-44(27-34-49)56(62)67-51-37-31-48(32-38-51)60-55(61)46-24-23-25-52(42-46)69-57(63)45-28-35-50(36-29-45)68-58(64)47-30-39-54(53(59)43-47)66-41-22-20-18-16-14-12-10-8-6-4-2/h23-39,42-43H,3-22,40-41H2,1-2H3,(H,60,61). The fourth-order valence-corrected chi connectivity index (χ4v) is 7.89. The van der Waals surface area contributed by atoms with Gasteiger partial charge in [0.25, 0.3) is 5.91 Å². The Labute approximate surface area is 414 Å². The third-order valence-electron chi connectivity index (χ3n) is 11.7. The Balaban J connectivity index is 0.986. The third-order valence-corrected chi connectivity index (χ3v) is 12.0. The van der Waals surface area contributed by atoms with E-state index in [9.17, 15) is 19.2 Å². The first-order chi connectivity index (χ1) is 33.7. The van der Waals surface area contributed by atoms with Crippen LogP contribution in [0.5, 0.6) is 28.7 Å². The number of hydrogen-bond acceptors (Lipinski definition) is 9. The summed E-state index contributed by atoms with van der Waals surface area (Å²) < 4.78 is 28.4. The lowest BCUT2D eigenvalue weighted by molar-refractivity contribution is 0.0723. The molecule has 69 heavy (non-hydrogen) atoms. The maximum Gasteiger partial charge on any atom is 0.343 e. The van der Waals surface area contributed by atoms with Crippen LogP contribution in [0.1, 0.15) is 184 Å². The maximum atomic E-state index is 13.1. The second-order valence-corrected chi connectivity index (χ2v) is 17.8. The van der Waals surface area contributed by atoms with E-state index < -0.39 is 23.8 Å². The molecule has 1 amide bonds. The molecule has 0 unspecified atom stereocenters. The predicted octanol–water partition coefficient (Wildman–Crippen LogP) is 15.8.